The highest BCUT2D eigenvalue weighted by molar-refractivity contribution is 9.10. The molecule has 0 radical (unpaired) electrons. The Morgan fingerprint density at radius 2 is 1.82 bits per heavy atom. The molecule has 0 amide bonds. The predicted molar refractivity (Wildman–Crippen MR) is 76.3 cm³/mol. The Morgan fingerprint density at radius 3 is 2.29 bits per heavy atom. The molecule has 0 spiro atoms. The quantitative estimate of drug-likeness (QED) is 0.824. The number of benzene rings is 1. The van der Waals surface area contributed by atoms with Crippen LogP contribution in [0.2, 0.25) is 0 Å². The molecule has 1 aromatic carbocycles. The SMILES string of the molecule is CCC(COC)NC(CC)c1ccc(Br)cc1. The van der Waals surface area contributed by atoms with E-state index in [4.69, 9.17) is 4.74 Å². The molecular formula is C14H22BrNO. The topological polar surface area (TPSA) is 21.3 Å². The maximum Gasteiger partial charge on any atom is 0.0615 e. The Morgan fingerprint density at radius 1 is 1.18 bits per heavy atom. The molecule has 0 aromatic heterocycles. The Kier molecular flexibility index (Phi) is 6.78. The van der Waals surface area contributed by atoms with E-state index in [2.05, 4.69) is 59.4 Å². The summed E-state index contributed by atoms with van der Waals surface area (Å²) in [7, 11) is 1.75. The largest absolute Gasteiger partial charge is 0.383 e. The zero-order chi connectivity index (χ0) is 12.7. The highest BCUT2D eigenvalue weighted by atomic mass is 79.9. The van der Waals surface area contributed by atoms with Crippen LogP contribution in [0, 0.1) is 0 Å². The Labute approximate surface area is 113 Å². The van der Waals surface area contributed by atoms with Crippen molar-refractivity contribution in [1.29, 1.82) is 0 Å². The van der Waals surface area contributed by atoms with Gasteiger partial charge in [0.05, 0.1) is 6.61 Å². The molecule has 0 saturated heterocycles. The summed E-state index contributed by atoms with van der Waals surface area (Å²) in [6, 6.07) is 9.36. The van der Waals surface area contributed by atoms with Crippen molar-refractivity contribution >= 4 is 15.9 Å². The van der Waals surface area contributed by atoms with Crippen molar-refractivity contribution in [1.82, 2.24) is 5.32 Å². The minimum absolute atomic E-state index is 0.406. The van der Waals surface area contributed by atoms with Crippen molar-refractivity contribution in [3.63, 3.8) is 0 Å². The molecule has 0 heterocycles. The van der Waals surface area contributed by atoms with Crippen LogP contribution in [0.25, 0.3) is 0 Å². The van der Waals surface area contributed by atoms with Gasteiger partial charge < -0.3 is 10.1 Å². The zero-order valence-electron chi connectivity index (χ0n) is 10.9. The lowest BCUT2D eigenvalue weighted by Crippen LogP contribution is -2.35. The van der Waals surface area contributed by atoms with E-state index in [1.807, 2.05) is 0 Å². The van der Waals surface area contributed by atoms with Crippen LogP contribution in [-0.4, -0.2) is 19.8 Å². The van der Waals surface area contributed by atoms with Crippen LogP contribution < -0.4 is 5.32 Å². The molecule has 0 aliphatic rings. The minimum atomic E-state index is 0.406. The van der Waals surface area contributed by atoms with Crippen LogP contribution in [-0.2, 0) is 4.74 Å². The summed E-state index contributed by atoms with van der Waals surface area (Å²) in [5.74, 6) is 0. The van der Waals surface area contributed by atoms with Gasteiger partial charge >= 0.3 is 0 Å². The van der Waals surface area contributed by atoms with Gasteiger partial charge in [0, 0.05) is 23.7 Å². The number of nitrogens with one attached hydrogen (secondary N) is 1. The lowest BCUT2D eigenvalue weighted by atomic mass is 10.0. The van der Waals surface area contributed by atoms with E-state index < -0.39 is 0 Å². The summed E-state index contributed by atoms with van der Waals surface area (Å²) < 4.78 is 6.35. The summed E-state index contributed by atoms with van der Waals surface area (Å²) >= 11 is 3.47. The van der Waals surface area contributed by atoms with Crippen LogP contribution in [0.15, 0.2) is 28.7 Å². The van der Waals surface area contributed by atoms with Crippen LogP contribution in [0.3, 0.4) is 0 Å². The first-order chi connectivity index (χ1) is 8.21. The summed E-state index contributed by atoms with van der Waals surface area (Å²) in [5.41, 5.74) is 1.34. The zero-order valence-corrected chi connectivity index (χ0v) is 12.5. The van der Waals surface area contributed by atoms with E-state index in [0.29, 0.717) is 12.1 Å². The minimum Gasteiger partial charge on any atom is -0.383 e. The van der Waals surface area contributed by atoms with E-state index in [0.717, 1.165) is 23.9 Å². The lowest BCUT2D eigenvalue weighted by molar-refractivity contribution is 0.158. The highest BCUT2D eigenvalue weighted by Gasteiger charge is 2.14. The molecule has 1 N–H and O–H groups in total. The van der Waals surface area contributed by atoms with E-state index in [1.54, 1.807) is 7.11 Å². The van der Waals surface area contributed by atoms with Crippen molar-refractivity contribution in [3.05, 3.63) is 34.3 Å². The number of ether oxygens (including phenoxy) is 1. The third kappa shape index (κ3) is 4.78. The van der Waals surface area contributed by atoms with Gasteiger partial charge in [-0.1, -0.05) is 41.9 Å². The van der Waals surface area contributed by atoms with Gasteiger partial charge in [-0.15, -0.1) is 0 Å². The van der Waals surface area contributed by atoms with Gasteiger partial charge in [0.25, 0.3) is 0 Å². The third-order valence-electron chi connectivity index (χ3n) is 2.98. The molecule has 96 valence electrons. The fraction of sp³-hybridized carbons (Fsp3) is 0.571. The second kappa shape index (κ2) is 7.85. The first kappa shape index (κ1) is 14.7. The number of hydrogen-bond donors (Lipinski definition) is 1. The number of halogens is 1. The van der Waals surface area contributed by atoms with Gasteiger partial charge in [0.15, 0.2) is 0 Å². The first-order valence-corrected chi connectivity index (χ1v) is 7.01. The van der Waals surface area contributed by atoms with Crippen molar-refractivity contribution in [2.24, 2.45) is 0 Å². The van der Waals surface area contributed by atoms with E-state index in [1.165, 1.54) is 5.56 Å². The monoisotopic (exact) mass is 299 g/mol. The second-order valence-electron chi connectivity index (χ2n) is 4.24. The van der Waals surface area contributed by atoms with Crippen LogP contribution in [0.5, 0.6) is 0 Å². The number of rotatable bonds is 7. The molecule has 3 heteroatoms. The van der Waals surface area contributed by atoms with Gasteiger partial charge in [-0.3, -0.25) is 0 Å². The van der Waals surface area contributed by atoms with Crippen LogP contribution in [0.4, 0.5) is 0 Å². The molecule has 0 saturated carbocycles. The average molecular weight is 300 g/mol. The van der Waals surface area contributed by atoms with Crippen molar-refractivity contribution in [2.75, 3.05) is 13.7 Å². The van der Waals surface area contributed by atoms with Gasteiger partial charge in [-0.05, 0) is 30.5 Å². The van der Waals surface area contributed by atoms with Gasteiger partial charge in [-0.25, -0.2) is 0 Å². The smallest absolute Gasteiger partial charge is 0.0615 e. The maximum atomic E-state index is 5.23. The van der Waals surface area contributed by atoms with E-state index >= 15 is 0 Å². The highest BCUT2D eigenvalue weighted by Crippen LogP contribution is 2.20. The fourth-order valence-electron chi connectivity index (χ4n) is 1.91. The molecule has 1 aromatic rings. The molecule has 0 aliphatic heterocycles. The average Bonchev–Trinajstić information content (AvgIpc) is 2.36. The third-order valence-corrected chi connectivity index (χ3v) is 3.51. The van der Waals surface area contributed by atoms with E-state index in [9.17, 15) is 0 Å². The van der Waals surface area contributed by atoms with Gasteiger partial charge in [-0.2, -0.15) is 0 Å². The van der Waals surface area contributed by atoms with Crippen molar-refractivity contribution in [3.8, 4) is 0 Å². The predicted octanol–water partition coefficient (Wildman–Crippen LogP) is 3.91. The molecule has 17 heavy (non-hydrogen) atoms. The molecule has 2 atom stereocenters. The fourth-order valence-corrected chi connectivity index (χ4v) is 2.18. The molecule has 0 aliphatic carbocycles. The molecule has 1 rings (SSSR count). The van der Waals surface area contributed by atoms with Crippen LogP contribution >= 0.6 is 15.9 Å². The molecular weight excluding hydrogens is 278 g/mol. The molecule has 0 fully saturated rings. The number of hydrogen-bond acceptors (Lipinski definition) is 2. The first-order valence-electron chi connectivity index (χ1n) is 6.21. The molecule has 0 bridgehead atoms. The normalized spacial score (nSPS) is 14.6. The van der Waals surface area contributed by atoms with Crippen molar-refractivity contribution < 1.29 is 4.74 Å². The van der Waals surface area contributed by atoms with Crippen LogP contribution in [0.1, 0.15) is 38.3 Å². The summed E-state index contributed by atoms with van der Waals surface area (Å²) in [4.78, 5) is 0. The summed E-state index contributed by atoms with van der Waals surface area (Å²) in [5, 5.41) is 3.65. The van der Waals surface area contributed by atoms with Gasteiger partial charge in [0.2, 0.25) is 0 Å². The Bertz CT molecular complexity index is 313. The van der Waals surface area contributed by atoms with Gasteiger partial charge in [0.1, 0.15) is 0 Å². The summed E-state index contributed by atoms with van der Waals surface area (Å²) in [6.07, 6.45) is 2.17. The maximum absolute atomic E-state index is 5.23. The summed E-state index contributed by atoms with van der Waals surface area (Å²) in [6.45, 7) is 5.16. The molecule has 2 unspecified atom stereocenters. The Hall–Kier alpha value is -0.380. The molecule has 2 nitrogen and oxygen atoms in total. The van der Waals surface area contributed by atoms with Crippen molar-refractivity contribution in [2.45, 2.75) is 38.8 Å². The number of methoxy groups -OCH3 is 1. The lowest BCUT2D eigenvalue weighted by Gasteiger charge is -2.24. The van der Waals surface area contributed by atoms with E-state index in [-0.39, 0.29) is 0 Å². The second-order valence-corrected chi connectivity index (χ2v) is 5.16. The Balaban J connectivity index is 2.67. The standard InChI is InChI=1S/C14H22BrNO/c1-4-13(10-17-3)16-14(5-2)11-6-8-12(15)9-7-11/h6-9,13-14,16H,4-5,10H2,1-3H3.